The molecule has 1 aliphatic heterocycles. The van der Waals surface area contributed by atoms with Gasteiger partial charge in [-0.2, -0.15) is 0 Å². The van der Waals surface area contributed by atoms with E-state index in [1.165, 1.54) is 48.0 Å². The van der Waals surface area contributed by atoms with E-state index in [0.717, 1.165) is 0 Å². The number of amides is 2. The van der Waals surface area contributed by atoms with Crippen molar-refractivity contribution in [3.63, 3.8) is 0 Å². The highest BCUT2D eigenvalue weighted by molar-refractivity contribution is 8.15. The largest absolute Gasteiger partial charge is 0.494 e. The van der Waals surface area contributed by atoms with Gasteiger partial charge < -0.3 is 15.2 Å². The molecule has 2 aromatic rings. The molecule has 0 aliphatic carbocycles. The Bertz CT molecular complexity index is 974. The summed E-state index contributed by atoms with van der Waals surface area (Å²) in [6.07, 6.45) is 0.0329. The molecular formula is C20H19N3O5S. The maximum absolute atomic E-state index is 12.7. The highest BCUT2D eigenvalue weighted by Crippen LogP contribution is 2.32. The fourth-order valence-electron chi connectivity index (χ4n) is 2.64. The highest BCUT2D eigenvalue weighted by atomic mass is 32.2. The summed E-state index contributed by atoms with van der Waals surface area (Å²) in [5.74, 6) is -1.06. The maximum atomic E-state index is 12.7. The van der Waals surface area contributed by atoms with Crippen LogP contribution in [0.3, 0.4) is 0 Å². The Morgan fingerprint density at radius 2 is 1.90 bits per heavy atom. The van der Waals surface area contributed by atoms with Crippen LogP contribution in [0.15, 0.2) is 53.5 Å². The number of hydrogen-bond donors (Lipinski definition) is 2. The van der Waals surface area contributed by atoms with Crippen LogP contribution in [0.2, 0.25) is 0 Å². The number of thioether (sulfide) groups is 1. The van der Waals surface area contributed by atoms with Gasteiger partial charge in [0.25, 0.3) is 0 Å². The third kappa shape index (κ3) is 4.75. The predicted octanol–water partition coefficient (Wildman–Crippen LogP) is 2.98. The lowest BCUT2D eigenvalue weighted by molar-refractivity contribution is -0.128. The third-order valence-corrected chi connectivity index (χ3v) is 5.50. The molecule has 0 bridgehead atoms. The fourth-order valence-corrected chi connectivity index (χ4v) is 3.70. The molecule has 2 N–H and O–H groups in total. The first-order chi connectivity index (χ1) is 13.9. The first-order valence-electron chi connectivity index (χ1n) is 8.68. The van der Waals surface area contributed by atoms with Gasteiger partial charge >= 0.3 is 5.97 Å². The second-order valence-electron chi connectivity index (χ2n) is 6.20. The number of carboxylic acids is 1. The quantitative estimate of drug-likeness (QED) is 0.780. The molecule has 0 unspecified atom stereocenters. The molecule has 1 atom stereocenters. The van der Waals surface area contributed by atoms with Crippen LogP contribution < -0.4 is 10.1 Å². The normalized spacial score (nSPS) is 17.9. The van der Waals surface area contributed by atoms with Gasteiger partial charge in [0.1, 0.15) is 16.7 Å². The average Bonchev–Trinajstić information content (AvgIpc) is 2.72. The third-order valence-electron chi connectivity index (χ3n) is 4.26. The van der Waals surface area contributed by atoms with Gasteiger partial charge in [-0.1, -0.05) is 23.9 Å². The van der Waals surface area contributed by atoms with Crippen LogP contribution in [0.5, 0.6) is 5.75 Å². The minimum absolute atomic E-state index is 0.0329. The van der Waals surface area contributed by atoms with Gasteiger partial charge in [0.15, 0.2) is 5.17 Å². The summed E-state index contributed by atoms with van der Waals surface area (Å²) in [5.41, 5.74) is 1.13. The van der Waals surface area contributed by atoms with Crippen molar-refractivity contribution < 1.29 is 24.2 Å². The number of carbonyl (C=O) groups is 3. The van der Waals surface area contributed by atoms with Crippen molar-refractivity contribution >= 4 is 46.1 Å². The molecule has 29 heavy (non-hydrogen) atoms. The van der Waals surface area contributed by atoms with Crippen LogP contribution in [-0.2, 0) is 9.59 Å². The summed E-state index contributed by atoms with van der Waals surface area (Å²) < 4.78 is 5.29. The molecule has 8 nitrogen and oxygen atoms in total. The van der Waals surface area contributed by atoms with Crippen molar-refractivity contribution in [1.29, 1.82) is 0 Å². The van der Waals surface area contributed by atoms with E-state index >= 15 is 0 Å². The van der Waals surface area contributed by atoms with Gasteiger partial charge in [0.2, 0.25) is 11.8 Å². The topological polar surface area (TPSA) is 108 Å². The molecule has 0 radical (unpaired) electrons. The van der Waals surface area contributed by atoms with Crippen molar-refractivity contribution in [2.45, 2.75) is 11.7 Å². The van der Waals surface area contributed by atoms with Crippen LogP contribution in [0.25, 0.3) is 0 Å². The zero-order valence-corrected chi connectivity index (χ0v) is 16.6. The number of nitrogens with zero attached hydrogens (tertiary/aromatic N) is 2. The highest BCUT2D eigenvalue weighted by Gasteiger charge is 2.34. The van der Waals surface area contributed by atoms with E-state index in [4.69, 9.17) is 9.84 Å². The molecular weight excluding hydrogens is 394 g/mol. The summed E-state index contributed by atoms with van der Waals surface area (Å²) in [6.45, 7) is 0. The van der Waals surface area contributed by atoms with E-state index in [2.05, 4.69) is 10.3 Å². The van der Waals surface area contributed by atoms with Crippen LogP contribution in [0.4, 0.5) is 11.4 Å². The molecule has 0 spiro atoms. The summed E-state index contributed by atoms with van der Waals surface area (Å²) in [5, 5.41) is 11.4. The smallest absolute Gasteiger partial charge is 0.335 e. The number of benzene rings is 2. The van der Waals surface area contributed by atoms with Gasteiger partial charge in [-0.05, 0) is 36.4 Å². The minimum Gasteiger partial charge on any atom is -0.494 e. The molecule has 0 aromatic heterocycles. The SMILES string of the molecule is COc1ccccc1N=C1S[C@H](C(=O)Nc2ccc(C(=O)O)cc2)CC(=O)N1C. The minimum atomic E-state index is -1.04. The Labute approximate surface area is 171 Å². The van der Waals surface area contributed by atoms with E-state index in [1.54, 1.807) is 19.2 Å². The monoisotopic (exact) mass is 413 g/mol. The number of amidine groups is 1. The molecule has 9 heteroatoms. The molecule has 1 fully saturated rings. The van der Waals surface area contributed by atoms with Crippen LogP contribution in [0, 0.1) is 0 Å². The number of aliphatic imine (C=N–C) groups is 1. The first kappa shape index (κ1) is 20.4. The molecule has 0 saturated carbocycles. The summed E-state index contributed by atoms with van der Waals surface area (Å²) in [6, 6.07) is 13.0. The lowest BCUT2D eigenvalue weighted by Crippen LogP contribution is -2.43. The van der Waals surface area contributed by atoms with Crippen LogP contribution in [0.1, 0.15) is 16.8 Å². The lowest BCUT2D eigenvalue weighted by Gasteiger charge is -2.29. The van der Waals surface area contributed by atoms with E-state index in [1.807, 2.05) is 12.1 Å². The average molecular weight is 413 g/mol. The number of ether oxygens (including phenoxy) is 1. The first-order valence-corrected chi connectivity index (χ1v) is 9.56. The zero-order chi connectivity index (χ0) is 21.0. The molecule has 1 saturated heterocycles. The van der Waals surface area contributed by atoms with Gasteiger partial charge in [-0.25, -0.2) is 9.79 Å². The number of carboxylic acid groups (broad SMARTS) is 1. The zero-order valence-electron chi connectivity index (χ0n) is 15.8. The van der Waals surface area contributed by atoms with Crippen molar-refractivity contribution in [2.75, 3.05) is 19.5 Å². The Kier molecular flexibility index (Phi) is 6.18. The van der Waals surface area contributed by atoms with Crippen molar-refractivity contribution in [3.05, 3.63) is 54.1 Å². The number of hydrogen-bond acceptors (Lipinski definition) is 6. The molecule has 1 aliphatic rings. The van der Waals surface area contributed by atoms with E-state index < -0.39 is 11.2 Å². The van der Waals surface area contributed by atoms with E-state index in [0.29, 0.717) is 22.3 Å². The van der Waals surface area contributed by atoms with E-state index in [-0.39, 0.29) is 23.8 Å². The van der Waals surface area contributed by atoms with Crippen LogP contribution >= 0.6 is 11.8 Å². The number of rotatable bonds is 5. The number of methoxy groups -OCH3 is 1. The number of carbonyl (C=O) groups excluding carboxylic acids is 2. The Morgan fingerprint density at radius 3 is 2.55 bits per heavy atom. The van der Waals surface area contributed by atoms with E-state index in [9.17, 15) is 14.4 Å². The summed E-state index contributed by atoms with van der Waals surface area (Å²) >= 11 is 1.19. The number of para-hydroxylation sites is 2. The summed E-state index contributed by atoms with van der Waals surface area (Å²) in [7, 11) is 3.15. The van der Waals surface area contributed by atoms with Gasteiger partial charge in [0.05, 0.1) is 12.7 Å². The number of anilines is 1. The lowest BCUT2D eigenvalue weighted by atomic mass is 10.2. The Morgan fingerprint density at radius 1 is 1.21 bits per heavy atom. The summed E-state index contributed by atoms with van der Waals surface area (Å²) in [4.78, 5) is 41.9. The van der Waals surface area contributed by atoms with Crippen LogP contribution in [-0.4, -0.2) is 52.4 Å². The maximum Gasteiger partial charge on any atom is 0.335 e. The molecule has 2 amide bonds. The molecule has 1 heterocycles. The molecule has 3 rings (SSSR count). The molecule has 150 valence electrons. The molecule has 2 aromatic carbocycles. The standard InChI is InChI=1S/C20H19N3O5S/c1-23-17(24)11-16(18(25)21-13-9-7-12(8-10-13)19(26)27)29-20(23)22-14-5-3-4-6-15(14)28-2/h3-10,16H,11H2,1-2H3,(H,21,25)(H,26,27)/t16-/m0/s1. The second kappa shape index (κ2) is 8.78. The van der Waals surface area contributed by atoms with Gasteiger partial charge in [-0.3, -0.25) is 14.5 Å². The number of aromatic carboxylic acids is 1. The van der Waals surface area contributed by atoms with Crippen molar-refractivity contribution in [2.24, 2.45) is 4.99 Å². The van der Waals surface area contributed by atoms with Crippen molar-refractivity contribution in [3.8, 4) is 5.75 Å². The predicted molar refractivity (Wildman–Crippen MR) is 111 cm³/mol. The Hall–Kier alpha value is -3.33. The van der Waals surface area contributed by atoms with Crippen molar-refractivity contribution in [1.82, 2.24) is 4.90 Å². The Balaban J connectivity index is 1.78. The van der Waals surface area contributed by atoms with Gasteiger partial charge in [0, 0.05) is 19.2 Å². The van der Waals surface area contributed by atoms with Gasteiger partial charge in [-0.15, -0.1) is 0 Å². The second-order valence-corrected chi connectivity index (χ2v) is 7.37. The number of nitrogens with one attached hydrogen (secondary N) is 1. The fraction of sp³-hybridized carbons (Fsp3) is 0.200.